The minimum atomic E-state index is -3.55. The molecule has 18 heavy (non-hydrogen) atoms. The van der Waals surface area contributed by atoms with E-state index in [4.69, 9.17) is 0 Å². The molecular weight excluding hydrogens is 254 g/mol. The summed E-state index contributed by atoms with van der Waals surface area (Å²) in [6.07, 6.45) is 0. The van der Waals surface area contributed by atoms with Crippen LogP contribution in [0.3, 0.4) is 0 Å². The normalized spacial score (nSPS) is 11.5. The van der Waals surface area contributed by atoms with E-state index in [-0.39, 0.29) is 12.5 Å². The van der Waals surface area contributed by atoms with E-state index >= 15 is 0 Å². The van der Waals surface area contributed by atoms with Crippen LogP contribution in [-0.4, -0.2) is 39.3 Å². The van der Waals surface area contributed by atoms with Crippen molar-refractivity contribution in [3.63, 3.8) is 0 Å². The van der Waals surface area contributed by atoms with Crippen LogP contribution in [0.2, 0.25) is 0 Å². The molecule has 0 fully saturated rings. The zero-order valence-electron chi connectivity index (χ0n) is 10.4. The zero-order valence-corrected chi connectivity index (χ0v) is 11.2. The van der Waals surface area contributed by atoms with Gasteiger partial charge in [0.25, 0.3) is 10.2 Å². The summed E-state index contributed by atoms with van der Waals surface area (Å²) >= 11 is 0. The van der Waals surface area contributed by atoms with Gasteiger partial charge in [0.1, 0.15) is 0 Å². The van der Waals surface area contributed by atoms with Crippen LogP contribution in [0.4, 0.5) is 0 Å². The number of amides is 1. The molecule has 0 saturated carbocycles. The lowest BCUT2D eigenvalue weighted by Gasteiger charge is -2.12. The first-order valence-corrected chi connectivity index (χ1v) is 6.83. The van der Waals surface area contributed by atoms with Crippen LogP contribution in [0.25, 0.3) is 0 Å². The molecule has 0 aliphatic rings. The maximum Gasteiger partial charge on any atom is 0.279 e. The van der Waals surface area contributed by atoms with Gasteiger partial charge in [0, 0.05) is 20.6 Å². The minimum Gasteiger partial charge on any atom is -0.351 e. The van der Waals surface area contributed by atoms with E-state index in [1.54, 1.807) is 0 Å². The van der Waals surface area contributed by atoms with Crippen LogP contribution in [0, 0.1) is 0 Å². The van der Waals surface area contributed by atoms with E-state index in [2.05, 4.69) is 10.0 Å². The van der Waals surface area contributed by atoms with Crippen LogP contribution in [-0.2, 0) is 21.5 Å². The van der Waals surface area contributed by atoms with Gasteiger partial charge in [0.2, 0.25) is 5.91 Å². The Morgan fingerprint density at radius 1 is 1.22 bits per heavy atom. The molecule has 0 heterocycles. The quantitative estimate of drug-likeness (QED) is 0.745. The third kappa shape index (κ3) is 4.82. The summed E-state index contributed by atoms with van der Waals surface area (Å²) in [4.78, 5) is 11.4. The third-order valence-electron chi connectivity index (χ3n) is 2.23. The van der Waals surface area contributed by atoms with Crippen molar-refractivity contribution in [2.45, 2.75) is 6.54 Å². The maximum atomic E-state index is 11.4. The fraction of sp³-hybridized carbons (Fsp3) is 0.364. The summed E-state index contributed by atoms with van der Waals surface area (Å²) in [5, 5.41) is 2.63. The highest BCUT2D eigenvalue weighted by Gasteiger charge is 2.14. The molecule has 1 aromatic rings. The summed E-state index contributed by atoms with van der Waals surface area (Å²) in [6, 6.07) is 9.39. The lowest BCUT2D eigenvalue weighted by Crippen LogP contribution is -2.41. The molecule has 0 radical (unpaired) electrons. The largest absolute Gasteiger partial charge is 0.351 e. The van der Waals surface area contributed by atoms with E-state index in [0.717, 1.165) is 9.87 Å². The Kier molecular flexibility index (Phi) is 5.26. The number of hydrogen-bond donors (Lipinski definition) is 2. The first-order valence-electron chi connectivity index (χ1n) is 5.39. The standard InChI is InChI=1S/C11H17N3O3S/c1-14(2)18(16,17)13-9-11(15)12-8-10-6-4-3-5-7-10/h3-7,13H,8-9H2,1-2H3,(H,12,15). The van der Waals surface area contributed by atoms with Gasteiger partial charge in [-0.1, -0.05) is 30.3 Å². The highest BCUT2D eigenvalue weighted by Crippen LogP contribution is 1.96. The van der Waals surface area contributed by atoms with Gasteiger partial charge < -0.3 is 5.32 Å². The van der Waals surface area contributed by atoms with Crippen molar-refractivity contribution in [1.82, 2.24) is 14.3 Å². The molecule has 0 aliphatic carbocycles. The molecule has 1 aromatic carbocycles. The van der Waals surface area contributed by atoms with Gasteiger partial charge in [0.15, 0.2) is 0 Å². The number of hydrogen-bond acceptors (Lipinski definition) is 3. The lowest BCUT2D eigenvalue weighted by atomic mass is 10.2. The average molecular weight is 271 g/mol. The third-order valence-corrected chi connectivity index (χ3v) is 3.70. The van der Waals surface area contributed by atoms with Crippen LogP contribution < -0.4 is 10.0 Å². The van der Waals surface area contributed by atoms with Crippen LogP contribution in [0.1, 0.15) is 5.56 Å². The molecule has 7 heteroatoms. The van der Waals surface area contributed by atoms with Gasteiger partial charge in [-0.3, -0.25) is 4.79 Å². The number of benzene rings is 1. The van der Waals surface area contributed by atoms with E-state index in [9.17, 15) is 13.2 Å². The van der Waals surface area contributed by atoms with Crippen LogP contribution in [0.5, 0.6) is 0 Å². The predicted molar refractivity (Wildman–Crippen MR) is 68.9 cm³/mol. The molecule has 0 aliphatic heterocycles. The summed E-state index contributed by atoms with van der Waals surface area (Å²) in [5.41, 5.74) is 0.960. The Labute approximate surface area is 107 Å². The first kappa shape index (κ1) is 14.6. The van der Waals surface area contributed by atoms with E-state index in [1.807, 2.05) is 30.3 Å². The number of rotatable bonds is 6. The summed E-state index contributed by atoms with van der Waals surface area (Å²) < 4.78 is 25.9. The number of carbonyl (C=O) groups is 1. The lowest BCUT2D eigenvalue weighted by molar-refractivity contribution is -0.120. The summed E-state index contributed by atoms with van der Waals surface area (Å²) in [7, 11) is -0.768. The minimum absolute atomic E-state index is 0.270. The van der Waals surface area contributed by atoms with E-state index in [1.165, 1.54) is 14.1 Å². The smallest absolute Gasteiger partial charge is 0.279 e. The number of nitrogens with zero attached hydrogens (tertiary/aromatic N) is 1. The molecule has 0 aromatic heterocycles. The van der Waals surface area contributed by atoms with Crippen molar-refractivity contribution in [1.29, 1.82) is 0 Å². The Morgan fingerprint density at radius 2 is 1.83 bits per heavy atom. The molecule has 6 nitrogen and oxygen atoms in total. The van der Waals surface area contributed by atoms with Crippen molar-refractivity contribution in [2.24, 2.45) is 0 Å². The molecule has 0 bridgehead atoms. The second-order valence-electron chi connectivity index (χ2n) is 3.87. The Bertz CT molecular complexity index is 486. The van der Waals surface area contributed by atoms with Gasteiger partial charge in [-0.15, -0.1) is 0 Å². The second-order valence-corrected chi connectivity index (χ2v) is 5.84. The molecular formula is C11H17N3O3S. The van der Waals surface area contributed by atoms with Crippen molar-refractivity contribution in [3.05, 3.63) is 35.9 Å². The molecule has 0 spiro atoms. The first-order chi connectivity index (χ1) is 8.42. The molecule has 1 rings (SSSR count). The Balaban J connectivity index is 2.35. The van der Waals surface area contributed by atoms with Crippen molar-refractivity contribution < 1.29 is 13.2 Å². The van der Waals surface area contributed by atoms with E-state index < -0.39 is 10.2 Å². The highest BCUT2D eigenvalue weighted by molar-refractivity contribution is 7.87. The van der Waals surface area contributed by atoms with Gasteiger partial charge in [-0.05, 0) is 5.56 Å². The Hall–Kier alpha value is -1.44. The molecule has 1 amide bonds. The monoisotopic (exact) mass is 271 g/mol. The highest BCUT2D eigenvalue weighted by atomic mass is 32.2. The van der Waals surface area contributed by atoms with Crippen molar-refractivity contribution in [2.75, 3.05) is 20.6 Å². The fourth-order valence-corrected chi connectivity index (χ4v) is 1.72. The molecule has 2 N–H and O–H groups in total. The molecule has 0 atom stereocenters. The molecule has 0 saturated heterocycles. The number of nitrogens with one attached hydrogen (secondary N) is 2. The summed E-state index contributed by atoms with van der Waals surface area (Å²) in [5.74, 6) is -0.371. The van der Waals surface area contributed by atoms with Crippen LogP contribution >= 0.6 is 0 Å². The summed E-state index contributed by atoms with van der Waals surface area (Å²) in [6.45, 7) is 0.108. The van der Waals surface area contributed by atoms with Gasteiger partial charge in [0.05, 0.1) is 6.54 Å². The molecule has 100 valence electrons. The molecule has 0 unspecified atom stereocenters. The van der Waals surface area contributed by atoms with Gasteiger partial charge in [-0.25, -0.2) is 0 Å². The predicted octanol–water partition coefficient (Wildman–Crippen LogP) is -0.301. The fourth-order valence-electron chi connectivity index (χ4n) is 1.14. The second kappa shape index (κ2) is 6.48. The zero-order chi connectivity index (χ0) is 13.6. The van der Waals surface area contributed by atoms with Gasteiger partial charge in [-0.2, -0.15) is 17.4 Å². The maximum absolute atomic E-state index is 11.4. The topological polar surface area (TPSA) is 78.5 Å². The number of carbonyl (C=O) groups excluding carboxylic acids is 1. The van der Waals surface area contributed by atoms with Crippen molar-refractivity contribution in [3.8, 4) is 0 Å². The Morgan fingerprint density at radius 3 is 2.39 bits per heavy atom. The average Bonchev–Trinajstić information content (AvgIpc) is 2.35. The van der Waals surface area contributed by atoms with E-state index in [0.29, 0.717) is 6.54 Å². The SMILES string of the molecule is CN(C)S(=O)(=O)NCC(=O)NCc1ccccc1. The van der Waals surface area contributed by atoms with Gasteiger partial charge >= 0.3 is 0 Å². The van der Waals surface area contributed by atoms with Crippen LogP contribution in [0.15, 0.2) is 30.3 Å². The van der Waals surface area contributed by atoms with Crippen molar-refractivity contribution >= 4 is 16.1 Å².